The number of carbonyl (C=O) groups is 1. The van der Waals surface area contributed by atoms with Gasteiger partial charge in [0.25, 0.3) is 0 Å². The zero-order chi connectivity index (χ0) is 15.1. The molecule has 1 amide bonds. The molecule has 3 nitrogen and oxygen atoms in total. The standard InChI is InChI=1S/C17H16N2OS/c1-14(20)19-17(18-13-21)11-9-16(10-12-17)8-7-15-5-3-2-4-6-15/h2-11H,12H2,1H3,(H,19,20). The number of allylic oxidation sites excluding steroid dienone is 3. The molecule has 1 aromatic carbocycles. The first-order valence-electron chi connectivity index (χ1n) is 6.64. The van der Waals surface area contributed by atoms with E-state index in [1.54, 1.807) is 0 Å². The van der Waals surface area contributed by atoms with Gasteiger partial charge in [0, 0.05) is 13.3 Å². The van der Waals surface area contributed by atoms with Crippen molar-refractivity contribution in [2.75, 3.05) is 0 Å². The molecule has 106 valence electrons. The number of isothiocyanates is 1. The molecule has 0 fully saturated rings. The van der Waals surface area contributed by atoms with Crippen LogP contribution in [-0.4, -0.2) is 16.7 Å². The summed E-state index contributed by atoms with van der Waals surface area (Å²) in [5.74, 6) is -0.148. The fourth-order valence-corrected chi connectivity index (χ4v) is 2.28. The number of benzene rings is 1. The number of aliphatic imine (C=N–C) groups is 1. The summed E-state index contributed by atoms with van der Waals surface area (Å²) in [7, 11) is 0. The summed E-state index contributed by atoms with van der Waals surface area (Å²) in [5, 5.41) is 5.15. The van der Waals surface area contributed by atoms with Crippen LogP contribution in [0.3, 0.4) is 0 Å². The molecule has 2 rings (SSSR count). The maximum Gasteiger partial charge on any atom is 0.218 e. The first-order valence-corrected chi connectivity index (χ1v) is 7.05. The van der Waals surface area contributed by atoms with E-state index in [-0.39, 0.29) is 5.91 Å². The van der Waals surface area contributed by atoms with Gasteiger partial charge < -0.3 is 5.32 Å². The molecule has 1 unspecified atom stereocenters. The lowest BCUT2D eigenvalue weighted by Crippen LogP contribution is -2.44. The van der Waals surface area contributed by atoms with Gasteiger partial charge in [0.15, 0.2) is 5.66 Å². The Morgan fingerprint density at radius 1 is 1.38 bits per heavy atom. The Bertz CT molecular complexity index is 655. The number of carbonyl (C=O) groups excluding carboxylic acids is 1. The van der Waals surface area contributed by atoms with Crippen LogP contribution in [0, 0.1) is 0 Å². The van der Waals surface area contributed by atoms with Crippen molar-refractivity contribution in [1.29, 1.82) is 0 Å². The fraction of sp³-hybridized carbons (Fsp3) is 0.176. The van der Waals surface area contributed by atoms with E-state index < -0.39 is 5.66 Å². The van der Waals surface area contributed by atoms with Crippen molar-refractivity contribution in [2.45, 2.75) is 19.0 Å². The quantitative estimate of drug-likeness (QED) is 0.682. The Kier molecular flexibility index (Phi) is 4.99. The van der Waals surface area contributed by atoms with Crippen LogP contribution >= 0.6 is 12.2 Å². The summed E-state index contributed by atoms with van der Waals surface area (Å²) < 4.78 is 0. The molecule has 0 bridgehead atoms. The van der Waals surface area contributed by atoms with Gasteiger partial charge >= 0.3 is 0 Å². The van der Waals surface area contributed by atoms with Crippen molar-refractivity contribution >= 4 is 29.4 Å². The maximum absolute atomic E-state index is 11.3. The highest BCUT2D eigenvalue weighted by Crippen LogP contribution is 2.23. The van der Waals surface area contributed by atoms with Crippen LogP contribution in [0.2, 0.25) is 0 Å². The first kappa shape index (κ1) is 15.1. The minimum absolute atomic E-state index is 0.148. The minimum Gasteiger partial charge on any atom is -0.328 e. The number of rotatable bonds is 4. The average Bonchev–Trinajstić information content (AvgIpc) is 2.47. The number of nitrogens with zero attached hydrogens (tertiary/aromatic N) is 1. The normalized spacial score (nSPS) is 20.7. The highest BCUT2D eigenvalue weighted by molar-refractivity contribution is 7.78. The topological polar surface area (TPSA) is 41.5 Å². The van der Waals surface area contributed by atoms with Crippen molar-refractivity contribution in [3.05, 3.63) is 65.8 Å². The van der Waals surface area contributed by atoms with Gasteiger partial charge in [0.05, 0.1) is 5.16 Å². The summed E-state index contributed by atoms with van der Waals surface area (Å²) >= 11 is 4.67. The summed E-state index contributed by atoms with van der Waals surface area (Å²) in [5.41, 5.74) is 1.42. The second-order valence-electron chi connectivity index (χ2n) is 4.79. The zero-order valence-electron chi connectivity index (χ0n) is 11.7. The first-order chi connectivity index (χ1) is 10.1. The molecule has 1 aliphatic carbocycles. The Balaban J connectivity index is 2.11. The van der Waals surface area contributed by atoms with E-state index in [9.17, 15) is 4.79 Å². The van der Waals surface area contributed by atoms with Gasteiger partial charge in [-0.2, -0.15) is 4.99 Å². The SMILES string of the molecule is CC(=O)NC1(N=C=S)C=CC(C=Cc2ccccc2)=CC1. The minimum atomic E-state index is -0.794. The van der Waals surface area contributed by atoms with Gasteiger partial charge in [0.1, 0.15) is 0 Å². The molecule has 1 atom stereocenters. The lowest BCUT2D eigenvalue weighted by atomic mass is 9.96. The lowest BCUT2D eigenvalue weighted by Gasteiger charge is -2.27. The van der Waals surface area contributed by atoms with Crippen LogP contribution in [0.5, 0.6) is 0 Å². The van der Waals surface area contributed by atoms with Crippen LogP contribution in [0.25, 0.3) is 6.08 Å². The molecule has 0 aliphatic heterocycles. The van der Waals surface area contributed by atoms with Crippen LogP contribution < -0.4 is 5.32 Å². The molecule has 21 heavy (non-hydrogen) atoms. The lowest BCUT2D eigenvalue weighted by molar-refractivity contribution is -0.120. The zero-order valence-corrected chi connectivity index (χ0v) is 12.6. The predicted molar refractivity (Wildman–Crippen MR) is 88.9 cm³/mol. The average molecular weight is 296 g/mol. The number of thiocarbonyl (C=S) groups is 1. The molecule has 0 saturated heterocycles. The summed E-state index contributed by atoms with van der Waals surface area (Å²) in [4.78, 5) is 15.4. The molecule has 0 radical (unpaired) electrons. The van der Waals surface area contributed by atoms with E-state index in [2.05, 4.69) is 27.7 Å². The molecule has 1 aliphatic rings. The van der Waals surface area contributed by atoms with Gasteiger partial charge in [0.2, 0.25) is 5.91 Å². The van der Waals surface area contributed by atoms with Crippen LogP contribution in [0.15, 0.2) is 65.2 Å². The van der Waals surface area contributed by atoms with Gasteiger partial charge in [-0.3, -0.25) is 4.79 Å². The smallest absolute Gasteiger partial charge is 0.218 e. The molecule has 1 aromatic rings. The molecule has 0 spiro atoms. The second-order valence-corrected chi connectivity index (χ2v) is 4.98. The van der Waals surface area contributed by atoms with E-state index in [1.165, 1.54) is 6.92 Å². The second kappa shape index (κ2) is 6.93. The maximum atomic E-state index is 11.3. The van der Waals surface area contributed by atoms with Crippen molar-refractivity contribution < 1.29 is 4.79 Å². The molecule has 0 aromatic heterocycles. The monoisotopic (exact) mass is 296 g/mol. The Hall–Kier alpha value is -2.29. The van der Waals surface area contributed by atoms with Gasteiger partial charge in [-0.15, -0.1) is 0 Å². The van der Waals surface area contributed by atoms with E-state index in [0.717, 1.165) is 11.1 Å². The Morgan fingerprint density at radius 2 is 2.14 bits per heavy atom. The van der Waals surface area contributed by atoms with Crippen LogP contribution in [-0.2, 0) is 4.79 Å². The molecule has 0 heterocycles. The predicted octanol–water partition coefficient (Wildman–Crippen LogP) is 3.52. The number of hydrogen-bond donors (Lipinski definition) is 1. The Morgan fingerprint density at radius 3 is 2.71 bits per heavy atom. The molecule has 1 N–H and O–H groups in total. The largest absolute Gasteiger partial charge is 0.328 e. The van der Waals surface area contributed by atoms with E-state index in [0.29, 0.717) is 6.42 Å². The van der Waals surface area contributed by atoms with Crippen molar-refractivity contribution in [1.82, 2.24) is 5.32 Å². The molecule has 4 heteroatoms. The van der Waals surface area contributed by atoms with Crippen LogP contribution in [0.1, 0.15) is 18.9 Å². The highest BCUT2D eigenvalue weighted by Gasteiger charge is 2.27. The molecule has 0 saturated carbocycles. The summed E-state index contributed by atoms with van der Waals surface area (Å²) in [6, 6.07) is 10.1. The van der Waals surface area contributed by atoms with E-state index >= 15 is 0 Å². The third-order valence-corrected chi connectivity index (χ3v) is 3.20. The summed E-state index contributed by atoms with van der Waals surface area (Å²) in [6.45, 7) is 1.46. The number of amides is 1. The van der Waals surface area contributed by atoms with Crippen molar-refractivity contribution in [2.24, 2.45) is 4.99 Å². The number of nitrogens with one attached hydrogen (secondary N) is 1. The fourth-order valence-electron chi connectivity index (χ4n) is 2.11. The van der Waals surface area contributed by atoms with Gasteiger partial charge in [-0.1, -0.05) is 54.6 Å². The van der Waals surface area contributed by atoms with E-state index in [4.69, 9.17) is 0 Å². The highest BCUT2D eigenvalue weighted by atomic mass is 32.1. The number of hydrogen-bond acceptors (Lipinski definition) is 3. The third kappa shape index (κ3) is 4.35. The van der Waals surface area contributed by atoms with Crippen molar-refractivity contribution in [3.63, 3.8) is 0 Å². The summed E-state index contributed by atoms with van der Waals surface area (Å²) in [6.07, 6.45) is 10.4. The van der Waals surface area contributed by atoms with Gasteiger partial charge in [-0.25, -0.2) is 0 Å². The van der Waals surface area contributed by atoms with Gasteiger partial charge in [-0.05, 0) is 29.4 Å². The van der Waals surface area contributed by atoms with E-state index in [1.807, 2.05) is 60.7 Å². The van der Waals surface area contributed by atoms with Crippen molar-refractivity contribution in [3.8, 4) is 0 Å². The molecular formula is C17H16N2OS. The van der Waals surface area contributed by atoms with Crippen LogP contribution in [0.4, 0.5) is 0 Å². The molecular weight excluding hydrogens is 280 g/mol. The third-order valence-electron chi connectivity index (χ3n) is 3.11. The Labute approximate surface area is 129 Å².